The van der Waals surface area contributed by atoms with Gasteiger partial charge in [0.1, 0.15) is 11.4 Å². The molecule has 0 aromatic heterocycles. The van der Waals surface area contributed by atoms with Crippen molar-refractivity contribution in [2.75, 3.05) is 44.4 Å². The number of anilines is 1. The molecular formula is C35H43ClN2O6S. The average molecular weight is 655 g/mol. The normalized spacial score (nSPS) is 35.3. The molecule has 2 aromatic carbocycles. The zero-order valence-corrected chi connectivity index (χ0v) is 27.7. The van der Waals surface area contributed by atoms with E-state index in [-0.39, 0.29) is 17.3 Å². The zero-order valence-electron chi connectivity index (χ0n) is 26.1. The molecule has 3 aliphatic heterocycles. The number of amides is 1. The number of hydrogen-bond acceptors (Lipinski definition) is 7. The number of ether oxygens (including phenoxy) is 3. The van der Waals surface area contributed by atoms with Crippen LogP contribution in [0.5, 0.6) is 5.75 Å². The van der Waals surface area contributed by atoms with Gasteiger partial charge >= 0.3 is 0 Å². The smallest absolute Gasteiger partial charge is 0.264 e. The Labute approximate surface area is 271 Å². The fourth-order valence-electron chi connectivity index (χ4n) is 8.23. The highest BCUT2D eigenvalue weighted by Gasteiger charge is 2.50. The Balaban J connectivity index is 1.32. The van der Waals surface area contributed by atoms with Gasteiger partial charge in [-0.1, -0.05) is 36.7 Å². The lowest BCUT2D eigenvalue weighted by Crippen LogP contribution is -2.56. The minimum atomic E-state index is -3.92. The Kier molecular flexibility index (Phi) is 8.20. The Morgan fingerprint density at radius 2 is 1.93 bits per heavy atom. The Morgan fingerprint density at radius 3 is 2.71 bits per heavy atom. The number of halogens is 1. The van der Waals surface area contributed by atoms with Crippen LogP contribution in [0.25, 0.3) is 0 Å². The van der Waals surface area contributed by atoms with Crippen LogP contribution in [0.4, 0.5) is 5.69 Å². The monoisotopic (exact) mass is 654 g/mol. The quantitative estimate of drug-likeness (QED) is 0.366. The van der Waals surface area contributed by atoms with Gasteiger partial charge in [-0.3, -0.25) is 4.79 Å². The van der Waals surface area contributed by atoms with Crippen LogP contribution in [0.15, 0.2) is 48.6 Å². The first-order valence-electron chi connectivity index (χ1n) is 16.4. The van der Waals surface area contributed by atoms with Crippen molar-refractivity contribution in [1.29, 1.82) is 0 Å². The maximum Gasteiger partial charge on any atom is 0.264 e. The molecule has 2 spiro atoms. The molecule has 7 rings (SSSR count). The van der Waals surface area contributed by atoms with Crippen LogP contribution in [0.1, 0.15) is 67.4 Å². The SMILES string of the molecule is C[C@@H]1[C@@H](C)C/C=C\[C@@]2(COCCO2)[C@@H]2CC[C@H]2CN2C[C@@]3(CCCc4cc(Cl)ccc43)COc3ccc(cc32)C(=O)NS1(=O)=O. The number of hydrogen-bond donors (Lipinski definition) is 1. The number of nitrogens with zero attached hydrogens (tertiary/aromatic N) is 1. The number of carbonyl (C=O) groups is 1. The van der Waals surface area contributed by atoms with Crippen LogP contribution >= 0.6 is 11.6 Å². The highest BCUT2D eigenvalue weighted by atomic mass is 35.5. The molecule has 3 heterocycles. The van der Waals surface area contributed by atoms with Crippen molar-refractivity contribution in [3.8, 4) is 5.75 Å². The summed E-state index contributed by atoms with van der Waals surface area (Å²) in [7, 11) is -3.92. The molecule has 0 unspecified atom stereocenters. The summed E-state index contributed by atoms with van der Waals surface area (Å²) >= 11 is 6.44. The van der Waals surface area contributed by atoms with Crippen LogP contribution in [0.2, 0.25) is 5.02 Å². The van der Waals surface area contributed by atoms with E-state index in [1.165, 1.54) is 11.1 Å². The van der Waals surface area contributed by atoms with E-state index in [2.05, 4.69) is 33.9 Å². The molecule has 2 fully saturated rings. The summed E-state index contributed by atoms with van der Waals surface area (Å²) in [5.41, 5.74) is 2.87. The van der Waals surface area contributed by atoms with E-state index in [4.69, 9.17) is 25.8 Å². The van der Waals surface area contributed by atoms with E-state index in [9.17, 15) is 13.2 Å². The van der Waals surface area contributed by atoms with E-state index in [1.54, 1.807) is 13.0 Å². The molecule has 10 heteroatoms. The van der Waals surface area contributed by atoms with Crippen LogP contribution in [0.3, 0.4) is 0 Å². The number of carbonyl (C=O) groups excluding carboxylic acids is 1. The summed E-state index contributed by atoms with van der Waals surface area (Å²) in [5.74, 6) is 0.474. The topological polar surface area (TPSA) is 94.2 Å². The van der Waals surface area contributed by atoms with Gasteiger partial charge in [-0.05, 0) is 105 Å². The molecule has 45 heavy (non-hydrogen) atoms. The van der Waals surface area contributed by atoms with Crippen molar-refractivity contribution in [3.05, 3.63) is 70.3 Å². The average Bonchev–Trinajstić information content (AvgIpc) is 3.15. The van der Waals surface area contributed by atoms with E-state index >= 15 is 0 Å². The minimum Gasteiger partial charge on any atom is -0.490 e. The molecule has 1 saturated carbocycles. The number of fused-ring (bicyclic) bond motifs is 5. The lowest BCUT2D eigenvalue weighted by Gasteiger charge is -2.52. The van der Waals surface area contributed by atoms with Crippen molar-refractivity contribution in [2.45, 2.75) is 68.6 Å². The van der Waals surface area contributed by atoms with Gasteiger partial charge in [0, 0.05) is 29.1 Å². The van der Waals surface area contributed by atoms with Gasteiger partial charge in [0.25, 0.3) is 5.91 Å². The van der Waals surface area contributed by atoms with Crippen molar-refractivity contribution in [3.63, 3.8) is 0 Å². The number of rotatable bonds is 0. The van der Waals surface area contributed by atoms with Gasteiger partial charge in [0.05, 0.1) is 37.4 Å². The molecule has 0 radical (unpaired) electrons. The highest BCUT2D eigenvalue weighted by Crippen LogP contribution is 2.49. The summed E-state index contributed by atoms with van der Waals surface area (Å²) in [4.78, 5) is 15.9. The van der Waals surface area contributed by atoms with Crippen LogP contribution in [0, 0.1) is 17.8 Å². The van der Waals surface area contributed by atoms with Gasteiger partial charge in [-0.2, -0.15) is 0 Å². The van der Waals surface area contributed by atoms with E-state index in [0.29, 0.717) is 50.1 Å². The molecule has 1 amide bonds. The first-order valence-corrected chi connectivity index (χ1v) is 18.3. The fourth-order valence-corrected chi connectivity index (χ4v) is 9.71. The number of sulfonamides is 1. The van der Waals surface area contributed by atoms with Gasteiger partial charge in [-0.25, -0.2) is 13.1 Å². The Morgan fingerprint density at radius 1 is 1.07 bits per heavy atom. The van der Waals surface area contributed by atoms with Crippen molar-refractivity contribution < 1.29 is 27.4 Å². The lowest BCUT2D eigenvalue weighted by molar-refractivity contribution is -0.182. The molecule has 2 bridgehead atoms. The standard InChI is InChI=1S/C35H43ClN2O6S/c1-23-5-3-14-35(22-42-15-16-44-35)30-10-7-27(30)19-38-20-34(13-4-6-25-17-28(36)9-11-29(25)34)21-43-32-12-8-26(18-31(32)38)33(39)37-45(40,41)24(23)2/h3,8-9,11-12,14,17-18,23-24,27,30H,4-7,10,13,15-16,19-22H2,1-2H3,(H,37,39)/b14-3-/t23-,24+,27-,30+,34-,35+/m0/s1. The third kappa shape index (κ3) is 5.68. The summed E-state index contributed by atoms with van der Waals surface area (Å²) in [6.07, 6.45) is 9.85. The zero-order chi connectivity index (χ0) is 31.4. The molecule has 5 aliphatic rings. The molecule has 8 nitrogen and oxygen atoms in total. The third-order valence-electron chi connectivity index (χ3n) is 11.2. The predicted octanol–water partition coefficient (Wildman–Crippen LogP) is 5.67. The summed E-state index contributed by atoms with van der Waals surface area (Å²) in [5, 5.41) is -0.0244. The van der Waals surface area contributed by atoms with E-state index in [1.807, 2.05) is 25.1 Å². The van der Waals surface area contributed by atoms with Gasteiger partial charge in [0.15, 0.2) is 0 Å². The highest BCUT2D eigenvalue weighted by molar-refractivity contribution is 7.90. The van der Waals surface area contributed by atoms with Crippen LogP contribution in [-0.2, 0) is 31.3 Å². The molecule has 6 atom stereocenters. The van der Waals surface area contributed by atoms with E-state index < -0.39 is 26.8 Å². The third-order valence-corrected chi connectivity index (χ3v) is 13.3. The van der Waals surface area contributed by atoms with Crippen molar-refractivity contribution in [2.24, 2.45) is 17.8 Å². The molecule has 1 saturated heterocycles. The Hall–Kier alpha value is -2.59. The molecule has 242 valence electrons. The minimum absolute atomic E-state index is 0.210. The van der Waals surface area contributed by atoms with Gasteiger partial charge < -0.3 is 19.1 Å². The van der Waals surface area contributed by atoms with Gasteiger partial charge in [0.2, 0.25) is 10.0 Å². The largest absolute Gasteiger partial charge is 0.490 e. The summed E-state index contributed by atoms with van der Waals surface area (Å²) < 4.78 is 48.3. The predicted molar refractivity (Wildman–Crippen MR) is 175 cm³/mol. The van der Waals surface area contributed by atoms with Crippen molar-refractivity contribution >= 4 is 33.2 Å². The number of benzene rings is 2. The maximum absolute atomic E-state index is 13.5. The number of nitrogens with one attached hydrogen (secondary N) is 1. The molecule has 2 aliphatic carbocycles. The first kappa shape index (κ1) is 31.0. The lowest BCUT2D eigenvalue weighted by atomic mass is 9.64. The van der Waals surface area contributed by atoms with Crippen molar-refractivity contribution in [1.82, 2.24) is 4.72 Å². The Bertz CT molecular complexity index is 1600. The number of allylic oxidation sites excluding steroid dienone is 1. The fraction of sp³-hybridized carbons (Fsp3) is 0.571. The maximum atomic E-state index is 13.5. The molecule has 2 aromatic rings. The first-order chi connectivity index (χ1) is 21.6. The van der Waals surface area contributed by atoms with Crippen LogP contribution < -0.4 is 14.4 Å². The number of aryl methyl sites for hydroxylation is 1. The summed E-state index contributed by atoms with van der Waals surface area (Å²) in [6, 6.07) is 11.5. The molecule has 1 N–H and O–H groups in total. The van der Waals surface area contributed by atoms with E-state index in [0.717, 1.165) is 55.9 Å². The molecular weight excluding hydrogens is 612 g/mol. The van der Waals surface area contributed by atoms with Gasteiger partial charge in [-0.15, -0.1) is 0 Å². The second-order valence-electron chi connectivity index (χ2n) is 13.9. The van der Waals surface area contributed by atoms with Crippen LogP contribution in [-0.4, -0.2) is 64.7 Å². The second kappa shape index (κ2) is 11.9. The second-order valence-corrected chi connectivity index (χ2v) is 16.4. The summed E-state index contributed by atoms with van der Waals surface area (Å²) in [6.45, 7) is 7.16.